The van der Waals surface area contributed by atoms with Crippen molar-refractivity contribution in [3.05, 3.63) is 56.8 Å². The normalized spacial score (nSPS) is 10.9. The van der Waals surface area contributed by atoms with E-state index in [1.807, 2.05) is 11.3 Å². The van der Waals surface area contributed by atoms with Crippen molar-refractivity contribution in [2.45, 2.75) is 33.4 Å². The first kappa shape index (κ1) is 14.3. The van der Waals surface area contributed by atoms with Gasteiger partial charge in [0.2, 0.25) is 0 Å². The van der Waals surface area contributed by atoms with Crippen LogP contribution < -0.4 is 11.1 Å². The van der Waals surface area contributed by atoms with Gasteiger partial charge in [-0.15, -0.1) is 11.3 Å². The lowest BCUT2D eigenvalue weighted by molar-refractivity contribution is 0.694. The van der Waals surface area contributed by atoms with Crippen molar-refractivity contribution in [1.29, 1.82) is 0 Å². The molecule has 2 aromatic rings. The molecule has 3 N–H and O–H groups in total. The van der Waals surface area contributed by atoms with Gasteiger partial charge in [0.15, 0.2) is 0 Å². The van der Waals surface area contributed by atoms with Crippen LogP contribution in [0.1, 0.15) is 26.4 Å². The highest BCUT2D eigenvalue weighted by molar-refractivity contribution is 7.12. The predicted octanol–water partition coefficient (Wildman–Crippen LogP) is 3.16. The molecule has 0 aliphatic rings. The Kier molecular flexibility index (Phi) is 5.14. The molecule has 19 heavy (non-hydrogen) atoms. The lowest BCUT2D eigenvalue weighted by Gasteiger charge is -2.09. The average molecular weight is 274 g/mol. The molecule has 0 aliphatic heterocycles. The molecular formula is C16H22N2S. The van der Waals surface area contributed by atoms with Gasteiger partial charge in [-0.25, -0.2) is 0 Å². The van der Waals surface area contributed by atoms with Crippen LogP contribution in [0, 0.1) is 13.8 Å². The standard InChI is InChI=1S/C16H22N2S/c1-12-9-16(19-13(12)2)11-18-10-15-6-4-3-5-14(15)7-8-17/h3-6,9,18H,7-8,10-11,17H2,1-2H3. The summed E-state index contributed by atoms with van der Waals surface area (Å²) in [6.07, 6.45) is 0.953. The summed E-state index contributed by atoms with van der Waals surface area (Å²) in [5, 5.41) is 3.53. The van der Waals surface area contributed by atoms with Gasteiger partial charge in [-0.1, -0.05) is 24.3 Å². The molecule has 0 amide bonds. The van der Waals surface area contributed by atoms with Gasteiger partial charge < -0.3 is 11.1 Å². The molecule has 3 heteroatoms. The van der Waals surface area contributed by atoms with Crippen molar-refractivity contribution in [1.82, 2.24) is 5.32 Å². The monoisotopic (exact) mass is 274 g/mol. The highest BCUT2D eigenvalue weighted by Gasteiger charge is 2.03. The minimum Gasteiger partial charge on any atom is -0.330 e. The third kappa shape index (κ3) is 3.90. The van der Waals surface area contributed by atoms with E-state index in [9.17, 15) is 0 Å². The van der Waals surface area contributed by atoms with Gasteiger partial charge in [-0.05, 0) is 49.6 Å². The third-order valence-electron chi connectivity index (χ3n) is 3.36. The van der Waals surface area contributed by atoms with Crippen LogP contribution in [0.2, 0.25) is 0 Å². The Hall–Kier alpha value is -1.16. The zero-order valence-electron chi connectivity index (χ0n) is 11.7. The first-order valence-corrected chi connectivity index (χ1v) is 7.56. The van der Waals surface area contributed by atoms with Crippen LogP contribution in [0.3, 0.4) is 0 Å². The molecule has 1 aromatic carbocycles. The maximum atomic E-state index is 5.65. The number of nitrogens with one attached hydrogen (secondary N) is 1. The van der Waals surface area contributed by atoms with Gasteiger partial charge in [0.05, 0.1) is 0 Å². The molecule has 0 spiro atoms. The SMILES string of the molecule is Cc1cc(CNCc2ccccc2CCN)sc1C. The van der Waals surface area contributed by atoms with Crippen LogP contribution in [0.15, 0.2) is 30.3 Å². The van der Waals surface area contributed by atoms with Crippen LogP contribution in [-0.2, 0) is 19.5 Å². The maximum absolute atomic E-state index is 5.65. The number of benzene rings is 1. The summed E-state index contributed by atoms with van der Waals surface area (Å²) >= 11 is 1.88. The molecule has 0 bridgehead atoms. The Bertz CT molecular complexity index is 512. The number of aryl methyl sites for hydroxylation is 2. The smallest absolute Gasteiger partial charge is 0.0303 e. The minimum absolute atomic E-state index is 0.709. The van der Waals surface area contributed by atoms with E-state index in [4.69, 9.17) is 5.73 Å². The van der Waals surface area contributed by atoms with E-state index in [0.717, 1.165) is 19.5 Å². The van der Waals surface area contributed by atoms with E-state index in [1.54, 1.807) is 0 Å². The van der Waals surface area contributed by atoms with Crippen molar-refractivity contribution in [2.75, 3.05) is 6.54 Å². The Balaban J connectivity index is 1.92. The lowest BCUT2D eigenvalue weighted by atomic mass is 10.0. The van der Waals surface area contributed by atoms with Gasteiger partial charge in [0, 0.05) is 22.8 Å². The predicted molar refractivity (Wildman–Crippen MR) is 83.5 cm³/mol. The van der Waals surface area contributed by atoms with Crippen molar-refractivity contribution in [2.24, 2.45) is 5.73 Å². The molecule has 1 aromatic heterocycles. The average Bonchev–Trinajstić information content (AvgIpc) is 2.71. The first-order valence-electron chi connectivity index (χ1n) is 6.74. The summed E-state index contributed by atoms with van der Waals surface area (Å²) in [6, 6.07) is 10.8. The third-order valence-corrected chi connectivity index (χ3v) is 4.52. The highest BCUT2D eigenvalue weighted by Crippen LogP contribution is 2.20. The highest BCUT2D eigenvalue weighted by atomic mass is 32.1. The molecule has 0 saturated carbocycles. The molecule has 2 nitrogen and oxygen atoms in total. The minimum atomic E-state index is 0.709. The number of hydrogen-bond donors (Lipinski definition) is 2. The molecule has 0 atom stereocenters. The summed E-state index contributed by atoms with van der Waals surface area (Å²) < 4.78 is 0. The molecule has 1 heterocycles. The van der Waals surface area contributed by atoms with Crippen molar-refractivity contribution >= 4 is 11.3 Å². The summed E-state index contributed by atoms with van der Waals surface area (Å²) in [6.45, 7) is 6.91. The van der Waals surface area contributed by atoms with E-state index in [2.05, 4.69) is 49.5 Å². The van der Waals surface area contributed by atoms with Crippen LogP contribution in [0.4, 0.5) is 0 Å². The lowest BCUT2D eigenvalue weighted by Crippen LogP contribution is -2.14. The van der Waals surface area contributed by atoms with Crippen LogP contribution in [0.5, 0.6) is 0 Å². The van der Waals surface area contributed by atoms with Crippen LogP contribution in [-0.4, -0.2) is 6.54 Å². The number of thiophene rings is 1. The van der Waals surface area contributed by atoms with Crippen LogP contribution >= 0.6 is 11.3 Å². The molecule has 0 aliphatic carbocycles. The van der Waals surface area contributed by atoms with Crippen molar-refractivity contribution in [3.63, 3.8) is 0 Å². The van der Waals surface area contributed by atoms with Gasteiger partial charge in [-0.2, -0.15) is 0 Å². The Morgan fingerprint density at radius 2 is 1.84 bits per heavy atom. The zero-order valence-corrected chi connectivity index (χ0v) is 12.5. The second kappa shape index (κ2) is 6.85. The first-order chi connectivity index (χ1) is 9.20. The van der Waals surface area contributed by atoms with E-state index >= 15 is 0 Å². The topological polar surface area (TPSA) is 38.0 Å². The second-order valence-electron chi connectivity index (χ2n) is 4.86. The van der Waals surface area contributed by atoms with Gasteiger partial charge >= 0.3 is 0 Å². The summed E-state index contributed by atoms with van der Waals surface area (Å²) in [5.41, 5.74) is 9.76. The molecule has 0 radical (unpaired) electrons. The second-order valence-corrected chi connectivity index (χ2v) is 6.20. The fraction of sp³-hybridized carbons (Fsp3) is 0.375. The van der Waals surface area contributed by atoms with Crippen LogP contribution in [0.25, 0.3) is 0 Å². The van der Waals surface area contributed by atoms with Gasteiger partial charge in [-0.3, -0.25) is 0 Å². The fourth-order valence-electron chi connectivity index (χ4n) is 2.19. The molecule has 102 valence electrons. The Labute approximate surface area is 119 Å². The summed E-state index contributed by atoms with van der Waals surface area (Å²) in [7, 11) is 0. The number of hydrogen-bond acceptors (Lipinski definition) is 3. The largest absolute Gasteiger partial charge is 0.330 e. The van der Waals surface area contributed by atoms with Crippen molar-refractivity contribution in [3.8, 4) is 0 Å². The number of rotatable bonds is 6. The molecule has 0 unspecified atom stereocenters. The Morgan fingerprint density at radius 3 is 2.47 bits per heavy atom. The molecular weight excluding hydrogens is 252 g/mol. The molecule has 0 saturated heterocycles. The van der Waals surface area contributed by atoms with Gasteiger partial charge in [0.25, 0.3) is 0 Å². The maximum Gasteiger partial charge on any atom is 0.0303 e. The summed E-state index contributed by atoms with van der Waals surface area (Å²) in [5.74, 6) is 0. The van der Waals surface area contributed by atoms with Crippen molar-refractivity contribution < 1.29 is 0 Å². The zero-order chi connectivity index (χ0) is 13.7. The summed E-state index contributed by atoms with van der Waals surface area (Å²) in [4.78, 5) is 2.83. The molecule has 2 rings (SSSR count). The van der Waals surface area contributed by atoms with E-state index < -0.39 is 0 Å². The molecule has 0 fully saturated rings. The van der Waals surface area contributed by atoms with Gasteiger partial charge in [0.1, 0.15) is 0 Å². The fourth-order valence-corrected chi connectivity index (χ4v) is 3.21. The van der Waals surface area contributed by atoms with E-state index in [-0.39, 0.29) is 0 Å². The van der Waals surface area contributed by atoms with E-state index in [1.165, 1.54) is 26.4 Å². The quantitative estimate of drug-likeness (QED) is 0.849. The van der Waals surface area contributed by atoms with E-state index in [0.29, 0.717) is 6.54 Å². The number of nitrogens with two attached hydrogens (primary N) is 1. The Morgan fingerprint density at radius 1 is 1.11 bits per heavy atom.